The van der Waals surface area contributed by atoms with E-state index in [9.17, 15) is 8.78 Å². The lowest BCUT2D eigenvalue weighted by Gasteiger charge is -2.26. The highest BCUT2D eigenvalue weighted by Crippen LogP contribution is 2.34. The maximum atomic E-state index is 12.6. The van der Waals surface area contributed by atoms with E-state index in [0.717, 1.165) is 32.1 Å². The van der Waals surface area contributed by atoms with E-state index in [4.69, 9.17) is 0 Å². The van der Waals surface area contributed by atoms with Crippen LogP contribution in [0, 0.1) is 0 Å². The van der Waals surface area contributed by atoms with Crippen molar-refractivity contribution in [3.8, 4) is 0 Å². The van der Waals surface area contributed by atoms with Crippen LogP contribution in [-0.2, 0) is 5.41 Å². The van der Waals surface area contributed by atoms with Crippen molar-refractivity contribution < 1.29 is 13.3 Å². The average molecular weight is 302 g/mol. The van der Waals surface area contributed by atoms with Crippen molar-refractivity contribution in [1.29, 1.82) is 0 Å². The lowest BCUT2D eigenvalue weighted by atomic mass is 9.79. The molecular weight excluding hydrogens is 274 g/mol. The van der Waals surface area contributed by atoms with Crippen LogP contribution in [-0.4, -0.2) is 10.1 Å². The zero-order valence-electron chi connectivity index (χ0n) is 13.5. The first-order chi connectivity index (χ1) is 10.0. The van der Waals surface area contributed by atoms with Crippen LogP contribution in [0.2, 0.25) is 0 Å². The number of unbranched alkanes of at least 4 members (excludes halogenated alkanes) is 5. The molecule has 3 nitrogen and oxygen atoms in total. The second-order valence-electron chi connectivity index (χ2n) is 6.09. The minimum Gasteiger partial charge on any atom is -0.333 e. The fourth-order valence-electron chi connectivity index (χ4n) is 2.60. The summed E-state index contributed by atoms with van der Waals surface area (Å²) in [5.41, 5.74) is -0.251. The van der Waals surface area contributed by atoms with E-state index < -0.39 is 12.3 Å². The van der Waals surface area contributed by atoms with E-state index in [1.807, 2.05) is 0 Å². The van der Waals surface area contributed by atoms with E-state index in [1.165, 1.54) is 25.7 Å². The predicted octanol–water partition coefficient (Wildman–Crippen LogP) is 5.82. The Kier molecular flexibility index (Phi) is 7.83. The van der Waals surface area contributed by atoms with Gasteiger partial charge >= 0.3 is 6.43 Å². The smallest absolute Gasteiger partial charge is 0.315 e. The van der Waals surface area contributed by atoms with Crippen LogP contribution in [0.25, 0.3) is 0 Å². The van der Waals surface area contributed by atoms with E-state index in [1.54, 1.807) is 0 Å². The molecule has 0 saturated heterocycles. The fraction of sp³-hybridized carbons (Fsp3) is 0.875. The van der Waals surface area contributed by atoms with Gasteiger partial charge in [-0.2, -0.15) is 13.8 Å². The molecule has 0 radical (unpaired) electrons. The van der Waals surface area contributed by atoms with Crippen molar-refractivity contribution in [3.63, 3.8) is 0 Å². The zero-order chi connectivity index (χ0) is 15.7. The summed E-state index contributed by atoms with van der Waals surface area (Å²) in [6, 6.07) is 0. The van der Waals surface area contributed by atoms with Gasteiger partial charge in [-0.3, -0.25) is 0 Å². The largest absolute Gasteiger partial charge is 0.333 e. The van der Waals surface area contributed by atoms with Gasteiger partial charge in [-0.15, -0.1) is 0 Å². The number of hydrogen-bond acceptors (Lipinski definition) is 3. The average Bonchev–Trinajstić information content (AvgIpc) is 2.95. The SMILES string of the molecule is CCCCCCCC(C)(CCCC)c1noc(C(F)F)n1. The highest BCUT2D eigenvalue weighted by molar-refractivity contribution is 5.05. The van der Waals surface area contributed by atoms with Gasteiger partial charge in [-0.1, -0.05) is 70.9 Å². The minimum absolute atomic E-state index is 0.251. The Morgan fingerprint density at radius 3 is 2.19 bits per heavy atom. The monoisotopic (exact) mass is 302 g/mol. The third kappa shape index (κ3) is 5.71. The first-order valence-corrected chi connectivity index (χ1v) is 8.15. The highest BCUT2D eigenvalue weighted by atomic mass is 19.3. The van der Waals surface area contributed by atoms with Gasteiger partial charge in [-0.25, -0.2) is 0 Å². The van der Waals surface area contributed by atoms with E-state index in [2.05, 4.69) is 35.4 Å². The van der Waals surface area contributed by atoms with Gasteiger partial charge in [0, 0.05) is 5.41 Å². The standard InChI is InChI=1S/C16H28F2N2O/c1-4-6-8-9-10-12-16(3,11-7-5-2)15-19-14(13(17)18)21-20-15/h13H,4-12H2,1-3H3. The Bertz CT molecular complexity index is 395. The summed E-state index contributed by atoms with van der Waals surface area (Å²) in [5, 5.41) is 3.81. The number of halogens is 2. The van der Waals surface area contributed by atoms with Crippen LogP contribution in [0.15, 0.2) is 4.52 Å². The van der Waals surface area contributed by atoms with Crippen molar-refractivity contribution in [1.82, 2.24) is 10.1 Å². The second-order valence-corrected chi connectivity index (χ2v) is 6.09. The van der Waals surface area contributed by atoms with Gasteiger partial charge < -0.3 is 4.52 Å². The fourth-order valence-corrected chi connectivity index (χ4v) is 2.60. The van der Waals surface area contributed by atoms with Crippen molar-refractivity contribution in [2.45, 2.75) is 90.4 Å². The number of alkyl halides is 2. The van der Waals surface area contributed by atoms with Crippen molar-refractivity contribution >= 4 is 0 Å². The summed E-state index contributed by atoms with van der Waals surface area (Å²) in [6.45, 7) is 6.39. The van der Waals surface area contributed by atoms with Gasteiger partial charge in [0.2, 0.25) is 0 Å². The topological polar surface area (TPSA) is 38.9 Å². The summed E-state index contributed by atoms with van der Waals surface area (Å²) >= 11 is 0. The molecule has 0 N–H and O–H groups in total. The number of hydrogen-bond donors (Lipinski definition) is 0. The van der Waals surface area contributed by atoms with Crippen LogP contribution >= 0.6 is 0 Å². The predicted molar refractivity (Wildman–Crippen MR) is 79.5 cm³/mol. The molecule has 0 aliphatic heterocycles. The first-order valence-electron chi connectivity index (χ1n) is 8.15. The Morgan fingerprint density at radius 1 is 1.00 bits per heavy atom. The number of rotatable bonds is 11. The maximum Gasteiger partial charge on any atom is 0.315 e. The number of aromatic nitrogens is 2. The van der Waals surface area contributed by atoms with Gasteiger partial charge in [-0.05, 0) is 12.8 Å². The highest BCUT2D eigenvalue weighted by Gasteiger charge is 2.32. The molecule has 1 aromatic rings. The Hall–Kier alpha value is -1.00. The molecule has 1 aromatic heterocycles. The van der Waals surface area contributed by atoms with Crippen molar-refractivity contribution in [2.24, 2.45) is 0 Å². The van der Waals surface area contributed by atoms with Gasteiger partial charge in [0.25, 0.3) is 5.89 Å². The molecule has 0 aromatic carbocycles. The van der Waals surface area contributed by atoms with Crippen LogP contribution in [0.5, 0.6) is 0 Å². The molecule has 0 bridgehead atoms. The molecule has 1 unspecified atom stereocenters. The van der Waals surface area contributed by atoms with Crippen molar-refractivity contribution in [2.75, 3.05) is 0 Å². The number of nitrogens with zero attached hydrogens (tertiary/aromatic N) is 2. The van der Waals surface area contributed by atoms with Gasteiger partial charge in [0.05, 0.1) is 0 Å². The zero-order valence-corrected chi connectivity index (χ0v) is 13.5. The third-order valence-corrected chi connectivity index (χ3v) is 4.08. The Balaban J connectivity index is 2.67. The molecule has 0 fully saturated rings. The van der Waals surface area contributed by atoms with E-state index >= 15 is 0 Å². The van der Waals surface area contributed by atoms with E-state index in [-0.39, 0.29) is 5.41 Å². The molecule has 5 heteroatoms. The summed E-state index contributed by atoms with van der Waals surface area (Å²) in [6.07, 6.45) is 7.24. The normalized spacial score (nSPS) is 14.6. The van der Waals surface area contributed by atoms with Crippen LogP contribution in [0.3, 0.4) is 0 Å². The Labute approximate surface area is 126 Å². The van der Waals surface area contributed by atoms with Gasteiger partial charge in [0.15, 0.2) is 5.82 Å². The molecule has 21 heavy (non-hydrogen) atoms. The minimum atomic E-state index is -2.69. The summed E-state index contributed by atoms with van der Waals surface area (Å²) in [4.78, 5) is 3.92. The molecule has 122 valence electrons. The summed E-state index contributed by atoms with van der Waals surface area (Å²) < 4.78 is 29.9. The van der Waals surface area contributed by atoms with Crippen LogP contribution in [0.4, 0.5) is 8.78 Å². The van der Waals surface area contributed by atoms with E-state index in [0.29, 0.717) is 5.82 Å². The Morgan fingerprint density at radius 2 is 1.62 bits per heavy atom. The molecule has 0 spiro atoms. The van der Waals surface area contributed by atoms with Crippen LogP contribution in [0.1, 0.15) is 96.7 Å². The first kappa shape index (κ1) is 18.1. The maximum absolute atomic E-state index is 12.6. The molecule has 0 saturated carbocycles. The second kappa shape index (κ2) is 9.11. The van der Waals surface area contributed by atoms with Crippen LogP contribution < -0.4 is 0 Å². The molecule has 1 atom stereocenters. The summed E-state index contributed by atoms with van der Waals surface area (Å²) in [5.74, 6) is -0.111. The quantitative estimate of drug-likeness (QED) is 0.484. The molecule has 1 rings (SSSR count). The molecule has 1 heterocycles. The third-order valence-electron chi connectivity index (χ3n) is 4.08. The summed E-state index contributed by atoms with van der Waals surface area (Å²) in [7, 11) is 0. The molecule has 0 amide bonds. The molecule has 0 aliphatic rings. The van der Waals surface area contributed by atoms with Crippen molar-refractivity contribution in [3.05, 3.63) is 11.7 Å². The lowest BCUT2D eigenvalue weighted by Crippen LogP contribution is -2.24. The molecular formula is C16H28F2N2O. The van der Waals surface area contributed by atoms with Gasteiger partial charge in [0.1, 0.15) is 0 Å². The molecule has 0 aliphatic carbocycles. The lowest BCUT2D eigenvalue weighted by molar-refractivity contribution is 0.106.